The lowest BCUT2D eigenvalue weighted by molar-refractivity contribution is -0.161. The van der Waals surface area contributed by atoms with E-state index in [9.17, 15) is 22.4 Å². The Balaban J connectivity index is 1.68. The van der Waals surface area contributed by atoms with Gasteiger partial charge in [-0.25, -0.2) is 4.39 Å². The van der Waals surface area contributed by atoms with E-state index >= 15 is 0 Å². The van der Waals surface area contributed by atoms with Crippen LogP contribution in [-0.2, 0) is 11.3 Å². The fourth-order valence-corrected chi connectivity index (χ4v) is 3.52. The minimum Gasteiger partial charge on any atom is -0.307 e. The van der Waals surface area contributed by atoms with Gasteiger partial charge in [0.1, 0.15) is 5.82 Å². The van der Waals surface area contributed by atoms with Crippen molar-refractivity contribution >= 4 is 11.6 Å². The van der Waals surface area contributed by atoms with Crippen molar-refractivity contribution in [2.24, 2.45) is 0 Å². The Kier molecular flexibility index (Phi) is 4.21. The number of anilines is 1. The van der Waals surface area contributed by atoms with Crippen molar-refractivity contribution in [3.05, 3.63) is 71.3 Å². The largest absolute Gasteiger partial charge is 0.404 e. The monoisotopic (exact) mass is 389 g/mol. The number of aromatic nitrogens is 2. The van der Waals surface area contributed by atoms with Crippen LogP contribution in [0.1, 0.15) is 22.7 Å². The molecule has 0 radical (unpaired) electrons. The van der Waals surface area contributed by atoms with Crippen LogP contribution in [-0.4, -0.2) is 22.3 Å². The SMILES string of the molecule is Cc1[nH]ncc1-c1ccc(CN2C(=O)C(C(F)(F)F)c3ccccc32)c(F)c1. The second kappa shape index (κ2) is 6.47. The Bertz CT molecular complexity index is 1060. The number of para-hydroxylation sites is 1. The molecule has 0 fully saturated rings. The number of hydrogen-bond donors (Lipinski definition) is 1. The molecule has 3 aromatic rings. The molecule has 1 aliphatic heterocycles. The van der Waals surface area contributed by atoms with Crippen LogP contribution in [0.25, 0.3) is 11.1 Å². The fraction of sp³-hybridized carbons (Fsp3) is 0.200. The average Bonchev–Trinajstić information content (AvgIpc) is 3.17. The summed E-state index contributed by atoms with van der Waals surface area (Å²) in [7, 11) is 0. The lowest BCUT2D eigenvalue weighted by Crippen LogP contribution is -2.34. The van der Waals surface area contributed by atoms with Gasteiger partial charge >= 0.3 is 6.18 Å². The number of benzene rings is 2. The summed E-state index contributed by atoms with van der Waals surface area (Å²) in [6, 6.07) is 10.2. The first-order valence-corrected chi connectivity index (χ1v) is 8.53. The second-order valence-electron chi connectivity index (χ2n) is 6.67. The van der Waals surface area contributed by atoms with Gasteiger partial charge in [0.05, 0.1) is 12.7 Å². The van der Waals surface area contributed by atoms with Gasteiger partial charge in [0.15, 0.2) is 5.92 Å². The molecule has 0 spiro atoms. The van der Waals surface area contributed by atoms with Crippen LogP contribution in [0.4, 0.5) is 23.2 Å². The fourth-order valence-electron chi connectivity index (χ4n) is 3.52. The molecule has 1 atom stereocenters. The van der Waals surface area contributed by atoms with Crippen LogP contribution in [0.2, 0.25) is 0 Å². The zero-order valence-corrected chi connectivity index (χ0v) is 14.7. The van der Waals surface area contributed by atoms with Crippen LogP contribution < -0.4 is 4.90 Å². The predicted molar refractivity (Wildman–Crippen MR) is 95.1 cm³/mol. The number of halogens is 4. The van der Waals surface area contributed by atoms with E-state index in [1.54, 1.807) is 25.3 Å². The molecule has 4 nitrogen and oxygen atoms in total. The standard InChI is InChI=1S/C20H15F4N3O/c1-11-15(9-25-26-11)12-6-7-13(16(21)8-12)10-27-17-5-3-2-4-14(17)18(19(27)28)20(22,23)24/h2-9,18H,10H2,1H3,(H,25,26). The number of hydrogen-bond acceptors (Lipinski definition) is 2. The van der Waals surface area contributed by atoms with Gasteiger partial charge in [-0.15, -0.1) is 0 Å². The molecule has 8 heteroatoms. The molecule has 2 heterocycles. The highest BCUT2D eigenvalue weighted by molar-refractivity contribution is 6.05. The number of aromatic amines is 1. The first-order chi connectivity index (χ1) is 13.3. The van der Waals surface area contributed by atoms with Gasteiger partial charge in [0.2, 0.25) is 5.91 Å². The number of rotatable bonds is 3. The molecule has 0 saturated carbocycles. The lowest BCUT2D eigenvalue weighted by atomic mass is 10.0. The van der Waals surface area contributed by atoms with Crippen LogP contribution in [0.5, 0.6) is 0 Å². The summed E-state index contributed by atoms with van der Waals surface area (Å²) in [5.74, 6) is -3.92. The third-order valence-corrected chi connectivity index (χ3v) is 4.90. The van der Waals surface area contributed by atoms with Crippen molar-refractivity contribution in [1.29, 1.82) is 0 Å². The maximum atomic E-state index is 14.7. The maximum Gasteiger partial charge on any atom is 0.404 e. The lowest BCUT2D eigenvalue weighted by Gasteiger charge is -2.19. The minimum atomic E-state index is -4.71. The van der Waals surface area contributed by atoms with Gasteiger partial charge in [-0.3, -0.25) is 9.89 Å². The van der Waals surface area contributed by atoms with E-state index in [0.29, 0.717) is 5.56 Å². The number of carbonyl (C=O) groups is 1. The quantitative estimate of drug-likeness (QED) is 0.659. The van der Waals surface area contributed by atoms with Gasteiger partial charge in [0, 0.05) is 22.5 Å². The summed E-state index contributed by atoms with van der Waals surface area (Å²) < 4.78 is 54.9. The Labute approximate surface area is 157 Å². The average molecular weight is 389 g/mol. The highest BCUT2D eigenvalue weighted by atomic mass is 19.4. The molecule has 1 N–H and O–H groups in total. The molecule has 144 valence electrons. The summed E-state index contributed by atoms with van der Waals surface area (Å²) in [5, 5.41) is 6.66. The van der Waals surface area contributed by atoms with E-state index in [0.717, 1.165) is 16.2 Å². The van der Waals surface area contributed by atoms with Crippen molar-refractivity contribution in [3.63, 3.8) is 0 Å². The van der Waals surface area contributed by atoms with Crippen LogP contribution >= 0.6 is 0 Å². The Morgan fingerprint density at radius 3 is 2.57 bits per heavy atom. The van der Waals surface area contributed by atoms with Crippen LogP contribution in [0, 0.1) is 12.7 Å². The molecule has 1 unspecified atom stereocenters. The predicted octanol–water partition coefficient (Wildman–Crippen LogP) is 4.72. The molecule has 1 amide bonds. The number of nitrogens with zero attached hydrogens (tertiary/aromatic N) is 2. The third-order valence-electron chi connectivity index (χ3n) is 4.90. The summed E-state index contributed by atoms with van der Waals surface area (Å²) in [6.07, 6.45) is -3.14. The van der Waals surface area contributed by atoms with E-state index in [1.165, 1.54) is 30.3 Å². The van der Waals surface area contributed by atoms with E-state index in [-0.39, 0.29) is 23.4 Å². The Morgan fingerprint density at radius 1 is 1.18 bits per heavy atom. The van der Waals surface area contributed by atoms with E-state index in [4.69, 9.17) is 0 Å². The molecular weight excluding hydrogens is 374 g/mol. The summed E-state index contributed by atoms with van der Waals surface area (Å²) in [5.41, 5.74) is 2.27. The number of aryl methyl sites for hydroxylation is 1. The Morgan fingerprint density at radius 2 is 1.93 bits per heavy atom. The number of carbonyl (C=O) groups excluding carboxylic acids is 1. The number of amides is 1. The molecule has 0 saturated heterocycles. The van der Waals surface area contributed by atoms with Gasteiger partial charge in [-0.05, 0) is 30.2 Å². The van der Waals surface area contributed by atoms with Crippen molar-refractivity contribution < 1.29 is 22.4 Å². The molecule has 2 aromatic carbocycles. The maximum absolute atomic E-state index is 14.7. The number of alkyl halides is 3. The van der Waals surface area contributed by atoms with Gasteiger partial charge in [-0.1, -0.05) is 30.3 Å². The Hall–Kier alpha value is -3.16. The number of fused-ring (bicyclic) bond motifs is 1. The minimum absolute atomic E-state index is 0.106. The number of nitrogens with one attached hydrogen (secondary N) is 1. The first-order valence-electron chi connectivity index (χ1n) is 8.53. The van der Waals surface area contributed by atoms with E-state index in [2.05, 4.69) is 10.2 Å². The van der Waals surface area contributed by atoms with E-state index < -0.39 is 23.8 Å². The summed E-state index contributed by atoms with van der Waals surface area (Å²) >= 11 is 0. The van der Waals surface area contributed by atoms with Crippen LogP contribution in [0.15, 0.2) is 48.7 Å². The van der Waals surface area contributed by atoms with Crippen molar-refractivity contribution in [2.75, 3.05) is 4.90 Å². The summed E-state index contributed by atoms with van der Waals surface area (Å²) in [4.78, 5) is 13.5. The molecule has 28 heavy (non-hydrogen) atoms. The van der Waals surface area contributed by atoms with E-state index in [1.807, 2.05) is 0 Å². The zero-order valence-electron chi connectivity index (χ0n) is 14.7. The van der Waals surface area contributed by atoms with Gasteiger partial charge < -0.3 is 4.90 Å². The van der Waals surface area contributed by atoms with Crippen molar-refractivity contribution in [2.45, 2.75) is 25.6 Å². The highest BCUT2D eigenvalue weighted by Gasteiger charge is 2.53. The van der Waals surface area contributed by atoms with Crippen molar-refractivity contribution in [1.82, 2.24) is 10.2 Å². The van der Waals surface area contributed by atoms with Gasteiger partial charge in [-0.2, -0.15) is 18.3 Å². The number of H-pyrrole nitrogens is 1. The molecule has 1 aliphatic rings. The molecule has 0 bridgehead atoms. The molecule has 4 rings (SSSR count). The third kappa shape index (κ3) is 2.94. The normalized spacial score (nSPS) is 16.5. The highest BCUT2D eigenvalue weighted by Crippen LogP contribution is 2.46. The molecular formula is C20H15F4N3O. The zero-order chi connectivity index (χ0) is 20.1. The van der Waals surface area contributed by atoms with Crippen molar-refractivity contribution in [3.8, 4) is 11.1 Å². The summed E-state index contributed by atoms with van der Waals surface area (Å²) in [6.45, 7) is 1.52. The first kappa shape index (κ1) is 18.2. The van der Waals surface area contributed by atoms with Crippen LogP contribution in [0.3, 0.4) is 0 Å². The van der Waals surface area contributed by atoms with Gasteiger partial charge in [0.25, 0.3) is 0 Å². The molecule has 0 aliphatic carbocycles. The topological polar surface area (TPSA) is 49.0 Å². The molecule has 1 aromatic heterocycles. The smallest absolute Gasteiger partial charge is 0.307 e. The second-order valence-corrected chi connectivity index (χ2v) is 6.67.